The second kappa shape index (κ2) is 8.87. The smallest absolute Gasteiger partial charge is 0.330 e. The maximum atomic E-state index is 14.5. The van der Waals surface area contributed by atoms with Gasteiger partial charge in [0.05, 0.1) is 11.6 Å². The van der Waals surface area contributed by atoms with Gasteiger partial charge in [-0.25, -0.2) is 9.78 Å². The van der Waals surface area contributed by atoms with Crippen LogP contribution >= 0.6 is 0 Å². The number of imide groups is 2. The van der Waals surface area contributed by atoms with E-state index in [1.165, 1.54) is 4.40 Å². The molecule has 0 radical (unpaired) electrons. The first-order chi connectivity index (χ1) is 19.4. The highest BCUT2D eigenvalue weighted by atomic mass is 16.2. The van der Waals surface area contributed by atoms with Crippen molar-refractivity contribution in [1.82, 2.24) is 19.6 Å². The number of nitrogens with zero attached hydrogens (tertiary/aromatic N) is 4. The molecule has 2 atom stereocenters. The summed E-state index contributed by atoms with van der Waals surface area (Å²) >= 11 is 0. The number of urea groups is 1. The third-order valence-electron chi connectivity index (χ3n) is 8.56. The molecule has 2 aromatic carbocycles. The minimum atomic E-state index is -1.72. The van der Waals surface area contributed by atoms with Gasteiger partial charge in [0, 0.05) is 25.7 Å². The molecular weight excluding hydrogens is 506 g/mol. The number of nitrogens with one attached hydrogen (secondary N) is 1. The molecule has 4 amide bonds. The molecule has 0 bridgehead atoms. The average molecular weight is 534 g/mol. The molecule has 1 N–H and O–H groups in total. The third kappa shape index (κ3) is 3.36. The van der Waals surface area contributed by atoms with E-state index in [1.807, 2.05) is 72.5 Å². The molecule has 5 heterocycles. The zero-order chi connectivity index (χ0) is 27.6. The minimum absolute atomic E-state index is 0.110. The number of aromatic nitrogens is 2. The summed E-state index contributed by atoms with van der Waals surface area (Å²) < 4.78 is 1.48. The molecule has 0 aliphatic carbocycles. The lowest BCUT2D eigenvalue weighted by atomic mass is 9.65. The molecule has 40 heavy (non-hydrogen) atoms. The van der Waals surface area contributed by atoms with Crippen molar-refractivity contribution in [1.29, 1.82) is 0 Å². The zero-order valence-electron chi connectivity index (χ0n) is 22.0. The van der Waals surface area contributed by atoms with Crippen LogP contribution in [0.2, 0.25) is 0 Å². The molecule has 1 spiro atoms. The van der Waals surface area contributed by atoms with Crippen LogP contribution in [-0.2, 0) is 28.9 Å². The highest BCUT2D eigenvalue weighted by Gasteiger charge is 2.64. The Morgan fingerprint density at radius 1 is 0.975 bits per heavy atom. The number of fused-ring (bicyclic) bond motifs is 7. The fraction of sp³-hybridized carbons (Fsp3) is 0.258. The summed E-state index contributed by atoms with van der Waals surface area (Å²) in [6.45, 7) is 2.48. The summed E-state index contributed by atoms with van der Waals surface area (Å²) in [6.07, 6.45) is 2.62. The molecule has 200 valence electrons. The number of hydrogen-bond acceptors (Lipinski definition) is 6. The fourth-order valence-electron chi connectivity index (χ4n) is 6.61. The summed E-state index contributed by atoms with van der Waals surface area (Å²) in [5, 5.41) is 2.49. The van der Waals surface area contributed by atoms with Gasteiger partial charge >= 0.3 is 6.03 Å². The number of pyridine rings is 1. The molecule has 0 saturated carbocycles. The van der Waals surface area contributed by atoms with Crippen LogP contribution in [0.3, 0.4) is 0 Å². The van der Waals surface area contributed by atoms with Crippen LogP contribution < -0.4 is 15.8 Å². The first-order valence-electron chi connectivity index (χ1n) is 13.5. The Morgan fingerprint density at radius 2 is 1.75 bits per heavy atom. The number of hydrogen-bond donors (Lipinski definition) is 1. The number of barbiturate groups is 1. The van der Waals surface area contributed by atoms with E-state index in [1.54, 1.807) is 12.3 Å². The van der Waals surface area contributed by atoms with Crippen LogP contribution in [0.1, 0.15) is 33.9 Å². The van der Waals surface area contributed by atoms with E-state index in [0.717, 1.165) is 27.2 Å². The summed E-state index contributed by atoms with van der Waals surface area (Å²) in [5.74, 6) is -0.759. The van der Waals surface area contributed by atoms with E-state index < -0.39 is 29.3 Å². The van der Waals surface area contributed by atoms with E-state index in [-0.39, 0.29) is 18.5 Å². The highest BCUT2D eigenvalue weighted by molar-refractivity contribution is 6.20. The predicted octanol–water partition coefficient (Wildman–Crippen LogP) is 2.97. The van der Waals surface area contributed by atoms with Crippen molar-refractivity contribution in [2.75, 3.05) is 18.0 Å². The second-order valence-corrected chi connectivity index (χ2v) is 10.7. The van der Waals surface area contributed by atoms with Gasteiger partial charge in [0.2, 0.25) is 11.8 Å². The van der Waals surface area contributed by atoms with Crippen molar-refractivity contribution in [3.63, 3.8) is 0 Å². The maximum Gasteiger partial charge on any atom is 0.330 e. The lowest BCUT2D eigenvalue weighted by molar-refractivity contribution is -0.154. The number of benzene rings is 2. The summed E-state index contributed by atoms with van der Waals surface area (Å²) in [6, 6.07) is 19.6. The zero-order valence-corrected chi connectivity index (χ0v) is 22.0. The number of aryl methyl sites for hydroxylation is 1. The fourth-order valence-corrected chi connectivity index (χ4v) is 6.61. The quantitative estimate of drug-likeness (QED) is 0.406. The molecule has 3 aliphatic heterocycles. The molecule has 9 nitrogen and oxygen atoms in total. The number of rotatable bonds is 3. The van der Waals surface area contributed by atoms with Crippen molar-refractivity contribution in [2.24, 2.45) is 5.41 Å². The van der Waals surface area contributed by atoms with E-state index in [4.69, 9.17) is 4.98 Å². The first-order valence-corrected chi connectivity index (χ1v) is 13.5. The Balaban J connectivity index is 1.43. The standard InChI is InChI=1S/C31H27N5O4/c1-19-8-7-15-35-25(19)32-26-23(27(35)37)18-31(24-22-12-6-5-11-21(22)14-17-34(24)26)28(38)33-30(40)36(29(31)39)16-13-20-9-3-2-4-10-20/h2-12,15,24H,13-14,16-18H2,1H3,(H,33,38,40)/t24-,31-/m0/s1. The monoisotopic (exact) mass is 533 g/mol. The second-order valence-electron chi connectivity index (χ2n) is 10.7. The van der Waals surface area contributed by atoms with Gasteiger partial charge in [-0.15, -0.1) is 0 Å². The van der Waals surface area contributed by atoms with Crippen LogP contribution in [0.15, 0.2) is 77.7 Å². The van der Waals surface area contributed by atoms with E-state index in [2.05, 4.69) is 5.32 Å². The predicted molar refractivity (Wildman–Crippen MR) is 148 cm³/mol. The van der Waals surface area contributed by atoms with Gasteiger partial charge in [0.15, 0.2) is 5.41 Å². The number of carbonyl (C=O) groups excluding carboxylic acids is 3. The van der Waals surface area contributed by atoms with E-state index >= 15 is 0 Å². The Bertz CT molecular complexity index is 1780. The van der Waals surface area contributed by atoms with Crippen LogP contribution in [-0.4, -0.2) is 45.2 Å². The van der Waals surface area contributed by atoms with Gasteiger partial charge in [-0.1, -0.05) is 60.7 Å². The molecule has 7 rings (SSSR count). The van der Waals surface area contributed by atoms with Crippen LogP contribution in [0, 0.1) is 12.3 Å². The molecule has 1 fully saturated rings. The SMILES string of the molecule is Cc1cccn2c(=O)c3c(nc12)N1CCc2ccccc2[C@H]1[C@@]1(C3)C(=O)NC(=O)N(CCc2ccccc2)C1=O. The Labute approximate surface area is 230 Å². The van der Waals surface area contributed by atoms with Crippen molar-refractivity contribution in [3.8, 4) is 0 Å². The first kappa shape index (κ1) is 24.3. The molecule has 3 aliphatic rings. The Morgan fingerprint density at radius 3 is 2.58 bits per heavy atom. The van der Waals surface area contributed by atoms with Crippen molar-refractivity contribution >= 4 is 29.3 Å². The Kier molecular flexibility index (Phi) is 5.38. The number of carbonyl (C=O) groups is 3. The van der Waals surface area contributed by atoms with Gasteiger partial charge in [-0.2, -0.15) is 0 Å². The van der Waals surface area contributed by atoms with Crippen molar-refractivity contribution in [3.05, 3.63) is 111 Å². The van der Waals surface area contributed by atoms with Gasteiger partial charge < -0.3 is 4.90 Å². The van der Waals surface area contributed by atoms with Gasteiger partial charge in [0.1, 0.15) is 11.5 Å². The highest BCUT2D eigenvalue weighted by Crippen LogP contribution is 2.52. The topological polar surface area (TPSA) is 104 Å². The largest absolute Gasteiger partial charge is 0.347 e. The molecule has 0 unspecified atom stereocenters. The Hall–Kier alpha value is -4.79. The van der Waals surface area contributed by atoms with Crippen molar-refractivity contribution in [2.45, 2.75) is 32.2 Å². The van der Waals surface area contributed by atoms with Crippen LogP contribution in [0.25, 0.3) is 5.65 Å². The average Bonchev–Trinajstić information content (AvgIpc) is 2.97. The van der Waals surface area contributed by atoms with Gasteiger partial charge in [-0.3, -0.25) is 29.0 Å². The minimum Gasteiger partial charge on any atom is -0.347 e. The third-order valence-corrected chi connectivity index (χ3v) is 8.56. The van der Waals surface area contributed by atoms with Crippen LogP contribution in [0.4, 0.5) is 10.6 Å². The van der Waals surface area contributed by atoms with Crippen LogP contribution in [0.5, 0.6) is 0 Å². The summed E-state index contributed by atoms with van der Waals surface area (Å²) in [4.78, 5) is 63.5. The van der Waals surface area contributed by atoms with Gasteiger partial charge in [0.25, 0.3) is 5.56 Å². The molecular formula is C31H27N5O4. The molecule has 2 aromatic heterocycles. The lowest BCUT2D eigenvalue weighted by Crippen LogP contribution is -2.70. The van der Waals surface area contributed by atoms with E-state index in [0.29, 0.717) is 36.4 Å². The normalized spacial score (nSPS) is 21.7. The summed E-state index contributed by atoms with van der Waals surface area (Å²) in [7, 11) is 0. The maximum absolute atomic E-state index is 14.5. The van der Waals surface area contributed by atoms with E-state index in [9.17, 15) is 19.2 Å². The number of amides is 4. The lowest BCUT2D eigenvalue weighted by Gasteiger charge is -2.53. The van der Waals surface area contributed by atoms with Crippen molar-refractivity contribution < 1.29 is 14.4 Å². The molecule has 4 aromatic rings. The molecule has 9 heteroatoms. The van der Waals surface area contributed by atoms with Gasteiger partial charge in [-0.05, 0) is 48.1 Å². The summed E-state index contributed by atoms with van der Waals surface area (Å²) in [5.41, 5.74) is 2.51. The number of anilines is 1. The molecule has 1 saturated heterocycles.